The lowest BCUT2D eigenvalue weighted by Crippen LogP contribution is -2.51. The van der Waals surface area contributed by atoms with Crippen molar-refractivity contribution in [3.8, 4) is 0 Å². The number of carboxylic acids is 1. The fraction of sp³-hybridized carbons (Fsp3) is 0.758. The molecule has 16 atom stereocenters. The van der Waals surface area contributed by atoms with Gasteiger partial charge in [0, 0.05) is 25.9 Å². The van der Waals surface area contributed by atoms with Gasteiger partial charge in [-0.25, -0.2) is 0 Å². The quantitative estimate of drug-likeness (QED) is 0.0427. The second-order valence-corrected chi connectivity index (χ2v) is 25.2. The Morgan fingerprint density at radius 3 is 1.39 bits per heavy atom. The van der Waals surface area contributed by atoms with E-state index >= 15 is 0 Å². The molecule has 2 spiro atoms. The Balaban J connectivity index is 0.000000318. The van der Waals surface area contributed by atoms with Gasteiger partial charge in [-0.05, 0) is 134 Å². The minimum absolute atomic E-state index is 0. The number of amides is 3. The first kappa shape index (κ1) is 71.4. The lowest BCUT2D eigenvalue weighted by atomic mass is 9.87. The standard InChI is InChI=1S/C32H50N2O6.C27H41NO7.C5H11N.2CH4/c1-21(2)9-14-29(35)33-26-17-23(4)27(39-24(26)5)12-10-22(3)11-13-28-31(37)32(20-38-32)19-25(40-28)18-30(36)34-15-7-6-8-16-34;1-16(2)6-11-24(29)28-21-12-18(4)22(34-19(21)5)9-7-17(3)8-10-23-26(32)27(15-33-27)14-20(35-23)13-25(30)31;1-2-4-6-5-3-1;;/h9-11,13-14,21,23-28,31,37H,6-8,12,15-20H2,1-5H3,(H,33,35);6-8,10-11,16,18-23,26,32H,9,12-15H2,1-5H3,(H,28,29)(H,30,31);6H,1-5H2;2*1H4/b13-11+,14-9-,22-10+;10-8+,11-6-,17-7+;;;/t23-,24+,25+,26+,27-,28+,31+,32+;18-,19+,20+,21+,22-,23+,26+,27+;;;/m00.../s1. The molecular weight excluding hydrogens is 1060 g/mol. The van der Waals surface area contributed by atoms with Gasteiger partial charge in [0.25, 0.3) is 0 Å². The number of ether oxygens (including phenoxy) is 6. The summed E-state index contributed by atoms with van der Waals surface area (Å²) >= 11 is 0. The first-order valence-corrected chi connectivity index (χ1v) is 30.7. The van der Waals surface area contributed by atoms with Crippen LogP contribution in [-0.2, 0) is 47.6 Å². The summed E-state index contributed by atoms with van der Waals surface area (Å²) in [5.41, 5.74) is 0.800. The van der Waals surface area contributed by atoms with Crippen molar-refractivity contribution in [2.45, 2.75) is 258 Å². The number of allylic oxidation sites excluding steroid dienone is 6. The summed E-state index contributed by atoms with van der Waals surface area (Å²) in [6.45, 7) is 25.6. The number of carbonyl (C=O) groups is 4. The van der Waals surface area contributed by atoms with Crippen molar-refractivity contribution in [3.05, 3.63) is 71.9 Å². The normalized spacial score (nSPS) is 35.6. The number of nitrogens with one attached hydrogen (secondary N) is 3. The molecular formula is C66H110N4O13. The van der Waals surface area contributed by atoms with Gasteiger partial charge in [0.15, 0.2) is 0 Å². The van der Waals surface area contributed by atoms with E-state index in [9.17, 15) is 29.4 Å². The third-order valence-electron chi connectivity index (χ3n) is 17.1. The molecule has 8 aliphatic rings. The van der Waals surface area contributed by atoms with Crippen LogP contribution in [0.5, 0.6) is 0 Å². The number of nitrogens with zero attached hydrogens (tertiary/aromatic N) is 1. The third kappa shape index (κ3) is 23.0. The minimum atomic E-state index is -0.925. The van der Waals surface area contributed by atoms with E-state index in [-0.39, 0.29) is 87.5 Å². The first-order chi connectivity index (χ1) is 38.5. The van der Waals surface area contributed by atoms with Crippen LogP contribution in [0.4, 0.5) is 0 Å². The molecule has 0 aromatic carbocycles. The highest BCUT2D eigenvalue weighted by molar-refractivity contribution is 5.88. The van der Waals surface area contributed by atoms with Gasteiger partial charge < -0.3 is 64.6 Å². The van der Waals surface area contributed by atoms with E-state index in [0.29, 0.717) is 50.2 Å². The third-order valence-corrected chi connectivity index (χ3v) is 17.1. The molecule has 0 aromatic rings. The largest absolute Gasteiger partial charge is 0.481 e. The minimum Gasteiger partial charge on any atom is -0.481 e. The van der Waals surface area contributed by atoms with Crippen molar-refractivity contribution in [3.63, 3.8) is 0 Å². The number of likely N-dealkylation sites (tertiary alicyclic amines) is 1. The molecule has 17 nitrogen and oxygen atoms in total. The van der Waals surface area contributed by atoms with Crippen LogP contribution < -0.4 is 16.0 Å². The highest BCUT2D eigenvalue weighted by Gasteiger charge is 2.59. The highest BCUT2D eigenvalue weighted by atomic mass is 16.6. The summed E-state index contributed by atoms with van der Waals surface area (Å²) in [6.07, 6.45) is 27.3. The molecule has 472 valence electrons. The molecule has 0 radical (unpaired) electrons. The number of hydrogen-bond donors (Lipinski definition) is 6. The average molecular weight is 1170 g/mol. The molecule has 0 aliphatic carbocycles. The Bertz CT molecular complexity index is 2200. The summed E-state index contributed by atoms with van der Waals surface area (Å²) in [4.78, 5) is 50.3. The van der Waals surface area contributed by atoms with Crippen molar-refractivity contribution < 1.29 is 62.9 Å². The second kappa shape index (κ2) is 34.3. The molecule has 0 aromatic heterocycles. The zero-order valence-electron chi connectivity index (χ0n) is 50.5. The first-order valence-electron chi connectivity index (χ1n) is 30.7. The van der Waals surface area contributed by atoms with Gasteiger partial charge in [-0.15, -0.1) is 0 Å². The van der Waals surface area contributed by atoms with E-state index in [4.69, 9.17) is 33.5 Å². The van der Waals surface area contributed by atoms with Gasteiger partial charge in [-0.2, -0.15) is 0 Å². The fourth-order valence-corrected chi connectivity index (χ4v) is 11.7. The highest BCUT2D eigenvalue weighted by Crippen LogP contribution is 2.45. The lowest BCUT2D eigenvalue weighted by Gasteiger charge is -2.39. The van der Waals surface area contributed by atoms with Gasteiger partial charge >= 0.3 is 5.97 Å². The number of piperidine rings is 2. The molecule has 8 fully saturated rings. The number of aliphatic carboxylic acids is 1. The maximum atomic E-state index is 12.8. The molecule has 8 aliphatic heterocycles. The van der Waals surface area contributed by atoms with Gasteiger partial charge in [0.05, 0.1) is 74.8 Å². The van der Waals surface area contributed by atoms with E-state index in [1.807, 2.05) is 90.7 Å². The molecule has 8 saturated heterocycles. The summed E-state index contributed by atoms with van der Waals surface area (Å²) in [5, 5.41) is 40.2. The maximum Gasteiger partial charge on any atom is 0.305 e. The Morgan fingerprint density at radius 2 is 1.02 bits per heavy atom. The smallest absolute Gasteiger partial charge is 0.305 e. The maximum absolute atomic E-state index is 12.8. The summed E-state index contributed by atoms with van der Waals surface area (Å²) in [6, 6.07) is -0.0200. The van der Waals surface area contributed by atoms with Gasteiger partial charge in [0.1, 0.15) is 35.6 Å². The predicted molar refractivity (Wildman–Crippen MR) is 326 cm³/mol. The molecule has 0 unspecified atom stereocenters. The summed E-state index contributed by atoms with van der Waals surface area (Å²) in [7, 11) is 0. The van der Waals surface area contributed by atoms with Crippen LogP contribution in [0.1, 0.15) is 174 Å². The molecule has 83 heavy (non-hydrogen) atoms. The molecule has 3 amide bonds. The topological polar surface area (TPSA) is 230 Å². The van der Waals surface area contributed by atoms with Crippen LogP contribution >= 0.6 is 0 Å². The number of epoxide rings is 2. The average Bonchev–Trinajstić information content (AvgIpc) is 2.12. The van der Waals surface area contributed by atoms with E-state index in [0.717, 1.165) is 62.8 Å². The van der Waals surface area contributed by atoms with E-state index in [1.54, 1.807) is 18.2 Å². The van der Waals surface area contributed by atoms with E-state index in [1.165, 1.54) is 38.8 Å². The Morgan fingerprint density at radius 1 is 0.614 bits per heavy atom. The monoisotopic (exact) mass is 1170 g/mol. The molecule has 0 saturated carbocycles. The van der Waals surface area contributed by atoms with Crippen LogP contribution in [0.15, 0.2) is 71.9 Å². The molecule has 0 bridgehead atoms. The Kier molecular flexibility index (Phi) is 29.6. The van der Waals surface area contributed by atoms with Crippen molar-refractivity contribution in [1.82, 2.24) is 20.9 Å². The predicted octanol–water partition coefficient (Wildman–Crippen LogP) is 9.26. The van der Waals surface area contributed by atoms with Crippen LogP contribution in [0, 0.1) is 23.7 Å². The van der Waals surface area contributed by atoms with Crippen molar-refractivity contribution >= 4 is 23.7 Å². The summed E-state index contributed by atoms with van der Waals surface area (Å²) < 4.78 is 35.8. The SMILES string of the molecule is C.C.C1CCNCC1.CC(/C=C/[C@H]1O[C@H](CC(=O)N2CCCCC2)C[C@@]2(CO2)[C@@H]1O)=C\C[C@@H]1O[C@H](C)[C@H](NC(=O)/C=C\C(C)C)C[C@@H]1C.CC(/C=C/[C@H]1O[C@H](CC(=O)O)C[C@@]2(CO2)[C@@H]1O)=C\C[C@@H]1O[C@H](C)[C@H](NC(=O)/C=C\C(C)C)C[C@@H]1C. The van der Waals surface area contributed by atoms with Crippen LogP contribution in [0.2, 0.25) is 0 Å². The van der Waals surface area contributed by atoms with E-state index < -0.39 is 47.7 Å². The van der Waals surface area contributed by atoms with Crippen LogP contribution in [0.25, 0.3) is 0 Å². The second-order valence-electron chi connectivity index (χ2n) is 25.2. The van der Waals surface area contributed by atoms with Crippen molar-refractivity contribution in [2.75, 3.05) is 39.4 Å². The number of hydrogen-bond acceptors (Lipinski definition) is 13. The fourth-order valence-electron chi connectivity index (χ4n) is 11.7. The van der Waals surface area contributed by atoms with Gasteiger partial charge in [-0.1, -0.05) is 123 Å². The zero-order chi connectivity index (χ0) is 58.9. The lowest BCUT2D eigenvalue weighted by molar-refractivity contribution is -0.155. The number of aliphatic hydroxyl groups is 2. The Labute approximate surface area is 498 Å². The molecule has 17 heteroatoms. The molecule has 6 N–H and O–H groups in total. The van der Waals surface area contributed by atoms with Crippen molar-refractivity contribution in [2.24, 2.45) is 23.7 Å². The van der Waals surface area contributed by atoms with Gasteiger partial charge in [0.2, 0.25) is 17.7 Å². The molecule has 8 rings (SSSR count). The molecule has 8 heterocycles. The zero-order valence-corrected chi connectivity index (χ0v) is 50.5. The number of aliphatic hydroxyl groups excluding tert-OH is 2. The Hall–Kier alpha value is -4.04. The number of rotatable bonds is 18. The summed E-state index contributed by atoms with van der Waals surface area (Å²) in [5.74, 6) is 0.319. The number of carbonyl (C=O) groups excluding carboxylic acids is 3. The van der Waals surface area contributed by atoms with E-state index in [2.05, 4.69) is 41.9 Å². The van der Waals surface area contributed by atoms with Crippen molar-refractivity contribution in [1.29, 1.82) is 0 Å². The number of carboxylic acid groups (broad SMARTS) is 1. The van der Waals surface area contributed by atoms with Crippen LogP contribution in [-0.4, -0.2) is 168 Å². The van der Waals surface area contributed by atoms with Crippen LogP contribution in [0.3, 0.4) is 0 Å². The van der Waals surface area contributed by atoms with Gasteiger partial charge in [-0.3, -0.25) is 19.2 Å².